The van der Waals surface area contributed by atoms with Crippen molar-refractivity contribution < 1.29 is 22.8 Å². The highest BCUT2D eigenvalue weighted by Gasteiger charge is 2.34. The SMILES string of the molecule is CN1CCN(CC(=O)NC2CC(c3ccc(C(F)(F)F)cc3)C2)CC1=O. The molecule has 2 fully saturated rings. The van der Waals surface area contributed by atoms with Crippen molar-refractivity contribution in [1.82, 2.24) is 15.1 Å². The Morgan fingerprint density at radius 2 is 1.85 bits per heavy atom. The molecular weight excluding hydrogens is 347 g/mol. The van der Waals surface area contributed by atoms with Gasteiger partial charge >= 0.3 is 6.18 Å². The van der Waals surface area contributed by atoms with Crippen LogP contribution in [0.1, 0.15) is 29.9 Å². The maximum atomic E-state index is 12.6. The van der Waals surface area contributed by atoms with Crippen LogP contribution in [0.25, 0.3) is 0 Å². The molecule has 0 atom stereocenters. The summed E-state index contributed by atoms with van der Waals surface area (Å²) in [5.41, 5.74) is 0.223. The number of nitrogens with one attached hydrogen (secondary N) is 1. The van der Waals surface area contributed by atoms with E-state index < -0.39 is 11.7 Å². The van der Waals surface area contributed by atoms with Gasteiger partial charge in [-0.15, -0.1) is 0 Å². The van der Waals surface area contributed by atoms with Gasteiger partial charge in [0.25, 0.3) is 0 Å². The third-order valence-electron chi connectivity index (χ3n) is 5.12. The summed E-state index contributed by atoms with van der Waals surface area (Å²) in [6.45, 7) is 1.74. The Balaban J connectivity index is 1.42. The van der Waals surface area contributed by atoms with Crippen molar-refractivity contribution in [3.8, 4) is 0 Å². The first-order chi connectivity index (χ1) is 12.2. The van der Waals surface area contributed by atoms with Gasteiger partial charge in [0, 0.05) is 26.2 Å². The van der Waals surface area contributed by atoms with Crippen LogP contribution in [0.5, 0.6) is 0 Å². The minimum atomic E-state index is -4.32. The number of nitrogens with zero attached hydrogens (tertiary/aromatic N) is 2. The number of carbonyl (C=O) groups is 2. The Bertz CT molecular complexity index is 669. The van der Waals surface area contributed by atoms with Crippen molar-refractivity contribution in [2.75, 3.05) is 33.2 Å². The summed E-state index contributed by atoms with van der Waals surface area (Å²) in [6.07, 6.45) is -2.88. The van der Waals surface area contributed by atoms with Crippen LogP contribution in [0.15, 0.2) is 24.3 Å². The van der Waals surface area contributed by atoms with E-state index in [0.29, 0.717) is 13.1 Å². The summed E-state index contributed by atoms with van der Waals surface area (Å²) in [5.74, 6) is 0.0704. The van der Waals surface area contributed by atoms with Gasteiger partial charge in [-0.05, 0) is 36.5 Å². The number of alkyl halides is 3. The van der Waals surface area contributed by atoms with Gasteiger partial charge in [0.05, 0.1) is 18.7 Å². The van der Waals surface area contributed by atoms with Gasteiger partial charge in [0.1, 0.15) is 0 Å². The van der Waals surface area contributed by atoms with Gasteiger partial charge in [-0.25, -0.2) is 0 Å². The fourth-order valence-corrected chi connectivity index (χ4v) is 3.37. The highest BCUT2D eigenvalue weighted by molar-refractivity contribution is 5.82. The molecule has 1 aromatic carbocycles. The Hall–Kier alpha value is -2.09. The van der Waals surface area contributed by atoms with E-state index in [0.717, 1.165) is 30.5 Å². The number of halogens is 3. The molecule has 8 heteroatoms. The first kappa shape index (κ1) is 18.7. The number of hydrogen-bond acceptors (Lipinski definition) is 3. The molecule has 0 radical (unpaired) electrons. The van der Waals surface area contributed by atoms with Crippen LogP contribution >= 0.6 is 0 Å². The molecule has 0 bridgehead atoms. The molecule has 2 aliphatic rings. The molecule has 0 aromatic heterocycles. The largest absolute Gasteiger partial charge is 0.416 e. The van der Waals surface area contributed by atoms with Gasteiger partial charge in [-0.2, -0.15) is 13.2 Å². The average molecular weight is 369 g/mol. The second-order valence-electron chi connectivity index (χ2n) is 7.08. The van der Waals surface area contributed by atoms with E-state index in [1.54, 1.807) is 11.9 Å². The zero-order valence-corrected chi connectivity index (χ0v) is 14.6. The van der Waals surface area contributed by atoms with Crippen molar-refractivity contribution in [1.29, 1.82) is 0 Å². The maximum absolute atomic E-state index is 12.6. The minimum Gasteiger partial charge on any atom is -0.352 e. The van der Waals surface area contributed by atoms with Crippen LogP contribution < -0.4 is 5.32 Å². The number of rotatable bonds is 4. The van der Waals surface area contributed by atoms with Crippen molar-refractivity contribution >= 4 is 11.8 Å². The van der Waals surface area contributed by atoms with Crippen molar-refractivity contribution in [2.24, 2.45) is 0 Å². The van der Waals surface area contributed by atoms with Gasteiger partial charge < -0.3 is 10.2 Å². The summed E-state index contributed by atoms with van der Waals surface area (Å²) in [5, 5.41) is 2.94. The van der Waals surface area contributed by atoms with Crippen LogP contribution in [-0.2, 0) is 15.8 Å². The molecule has 1 aromatic rings. The van der Waals surface area contributed by atoms with Gasteiger partial charge in [-0.3, -0.25) is 14.5 Å². The zero-order valence-electron chi connectivity index (χ0n) is 14.6. The molecule has 2 amide bonds. The summed E-state index contributed by atoms with van der Waals surface area (Å²) < 4.78 is 37.8. The topological polar surface area (TPSA) is 52.6 Å². The standard InChI is InChI=1S/C18H22F3N3O2/c1-23-6-7-24(11-17(23)26)10-16(25)22-15-8-13(9-15)12-2-4-14(5-3-12)18(19,20)21/h2-5,13,15H,6-11H2,1H3,(H,22,25). The van der Waals surface area contributed by atoms with Crippen LogP contribution in [0.2, 0.25) is 0 Å². The fourth-order valence-electron chi connectivity index (χ4n) is 3.37. The Labute approximate surface area is 150 Å². The maximum Gasteiger partial charge on any atom is 0.416 e. The molecular formula is C18H22F3N3O2. The Kier molecular flexibility index (Phi) is 5.22. The summed E-state index contributed by atoms with van der Waals surface area (Å²) in [7, 11) is 1.75. The van der Waals surface area contributed by atoms with E-state index in [2.05, 4.69) is 5.32 Å². The van der Waals surface area contributed by atoms with Gasteiger partial charge in [0.15, 0.2) is 0 Å². The molecule has 1 N–H and O–H groups in total. The van der Waals surface area contributed by atoms with Crippen molar-refractivity contribution in [3.63, 3.8) is 0 Å². The Morgan fingerprint density at radius 1 is 1.19 bits per heavy atom. The first-order valence-corrected chi connectivity index (χ1v) is 8.65. The smallest absolute Gasteiger partial charge is 0.352 e. The number of piperazine rings is 1. The molecule has 3 rings (SSSR count). The lowest BCUT2D eigenvalue weighted by molar-refractivity contribution is -0.138. The molecule has 142 valence electrons. The van der Waals surface area contributed by atoms with Gasteiger partial charge in [0.2, 0.25) is 11.8 Å². The number of likely N-dealkylation sites (N-methyl/N-ethyl adjacent to an activating group) is 1. The van der Waals surface area contributed by atoms with E-state index in [4.69, 9.17) is 0 Å². The third kappa shape index (κ3) is 4.35. The quantitative estimate of drug-likeness (QED) is 0.881. The predicted octanol–water partition coefficient (Wildman–Crippen LogP) is 1.84. The Morgan fingerprint density at radius 3 is 2.42 bits per heavy atom. The second kappa shape index (κ2) is 7.26. The summed E-state index contributed by atoms with van der Waals surface area (Å²) in [4.78, 5) is 27.2. The van der Waals surface area contributed by atoms with Crippen LogP contribution in [0.3, 0.4) is 0 Å². The van der Waals surface area contributed by atoms with E-state index >= 15 is 0 Å². The number of benzene rings is 1. The van der Waals surface area contributed by atoms with Crippen molar-refractivity contribution in [2.45, 2.75) is 31.0 Å². The molecule has 26 heavy (non-hydrogen) atoms. The minimum absolute atomic E-state index is 0.00932. The highest BCUT2D eigenvalue weighted by Crippen LogP contribution is 2.38. The number of amides is 2. The third-order valence-corrected chi connectivity index (χ3v) is 5.12. The normalized spacial score (nSPS) is 24.3. The average Bonchev–Trinajstić information content (AvgIpc) is 2.53. The number of carbonyl (C=O) groups excluding carboxylic acids is 2. The zero-order chi connectivity index (χ0) is 18.9. The molecule has 1 saturated carbocycles. The molecule has 1 heterocycles. The lowest BCUT2D eigenvalue weighted by Gasteiger charge is -2.37. The molecule has 5 nitrogen and oxygen atoms in total. The van der Waals surface area contributed by atoms with Crippen LogP contribution in [0, 0.1) is 0 Å². The van der Waals surface area contributed by atoms with E-state index in [1.165, 1.54) is 12.1 Å². The molecule has 1 aliphatic carbocycles. The van der Waals surface area contributed by atoms with E-state index in [1.807, 2.05) is 4.90 Å². The molecule has 0 unspecified atom stereocenters. The monoisotopic (exact) mass is 369 g/mol. The van der Waals surface area contributed by atoms with Gasteiger partial charge in [-0.1, -0.05) is 12.1 Å². The molecule has 1 saturated heterocycles. The highest BCUT2D eigenvalue weighted by atomic mass is 19.4. The molecule has 1 aliphatic heterocycles. The van der Waals surface area contributed by atoms with Crippen molar-refractivity contribution in [3.05, 3.63) is 35.4 Å². The molecule has 0 spiro atoms. The van der Waals surface area contributed by atoms with Crippen LogP contribution in [0.4, 0.5) is 13.2 Å². The number of hydrogen-bond donors (Lipinski definition) is 1. The lowest BCUT2D eigenvalue weighted by Crippen LogP contribution is -2.53. The van der Waals surface area contributed by atoms with E-state index in [9.17, 15) is 22.8 Å². The first-order valence-electron chi connectivity index (χ1n) is 8.65. The fraction of sp³-hybridized carbons (Fsp3) is 0.556. The second-order valence-corrected chi connectivity index (χ2v) is 7.08. The predicted molar refractivity (Wildman–Crippen MR) is 89.4 cm³/mol. The van der Waals surface area contributed by atoms with E-state index in [-0.39, 0.29) is 36.9 Å². The summed E-state index contributed by atoms with van der Waals surface area (Å²) >= 11 is 0. The van der Waals surface area contributed by atoms with Crippen LogP contribution in [-0.4, -0.2) is 60.9 Å². The lowest BCUT2D eigenvalue weighted by atomic mass is 9.75. The summed E-state index contributed by atoms with van der Waals surface area (Å²) in [6, 6.07) is 5.28.